The number of hydrogen-bond acceptors (Lipinski definition) is 2. The Hall–Kier alpha value is -0.0800. The van der Waals surface area contributed by atoms with Gasteiger partial charge in [0.15, 0.2) is 0 Å². The van der Waals surface area contributed by atoms with E-state index >= 15 is 0 Å². The minimum atomic E-state index is 1.29. The van der Waals surface area contributed by atoms with Crippen molar-refractivity contribution >= 4 is 0 Å². The summed E-state index contributed by atoms with van der Waals surface area (Å²) >= 11 is 0. The van der Waals surface area contributed by atoms with Crippen molar-refractivity contribution in [2.24, 2.45) is 0 Å². The highest BCUT2D eigenvalue weighted by atomic mass is 15.3. The summed E-state index contributed by atoms with van der Waals surface area (Å²) in [5.74, 6) is 0. The third kappa shape index (κ3) is 2.96. The van der Waals surface area contributed by atoms with E-state index in [2.05, 4.69) is 16.5 Å². The van der Waals surface area contributed by atoms with Gasteiger partial charge in [-0.05, 0) is 51.9 Å². The maximum Gasteiger partial charge on any atom is 0.0921 e. The van der Waals surface area contributed by atoms with E-state index in [1.165, 1.54) is 64.7 Å². The molecule has 2 fully saturated rings. The average molecular weight is 181 g/mol. The van der Waals surface area contributed by atoms with Crippen LogP contribution in [0.3, 0.4) is 0 Å². The van der Waals surface area contributed by atoms with Gasteiger partial charge in [0.1, 0.15) is 0 Å². The Morgan fingerprint density at radius 3 is 1.31 bits per heavy atom. The van der Waals surface area contributed by atoms with E-state index in [1.807, 2.05) is 0 Å². The van der Waals surface area contributed by atoms with E-state index in [0.717, 1.165) is 0 Å². The minimum absolute atomic E-state index is 1.29. The fourth-order valence-electron chi connectivity index (χ4n) is 2.30. The van der Waals surface area contributed by atoms with Crippen molar-refractivity contribution in [1.82, 2.24) is 9.80 Å². The van der Waals surface area contributed by atoms with Crippen molar-refractivity contribution in [3.63, 3.8) is 0 Å². The topological polar surface area (TPSA) is 6.48 Å². The lowest BCUT2D eigenvalue weighted by molar-refractivity contribution is 0.156. The predicted molar refractivity (Wildman–Crippen MR) is 55.1 cm³/mol. The summed E-state index contributed by atoms with van der Waals surface area (Å²) < 4.78 is 0. The Morgan fingerprint density at radius 1 is 0.538 bits per heavy atom. The van der Waals surface area contributed by atoms with Crippen molar-refractivity contribution in [2.45, 2.75) is 38.5 Å². The number of piperidine rings is 2. The molecule has 0 amide bonds. The van der Waals surface area contributed by atoms with Crippen LogP contribution in [0.5, 0.6) is 0 Å². The summed E-state index contributed by atoms with van der Waals surface area (Å²) in [6, 6.07) is 0. The molecule has 13 heavy (non-hydrogen) atoms. The van der Waals surface area contributed by atoms with E-state index in [9.17, 15) is 0 Å². The van der Waals surface area contributed by atoms with Gasteiger partial charge in [-0.15, -0.1) is 0 Å². The van der Waals surface area contributed by atoms with Crippen molar-refractivity contribution in [1.29, 1.82) is 0 Å². The standard InChI is InChI=1S/C11H21N2/c1-3-7-12(8-4-1)11-13-9-5-2-6-10-13/h11H,1-10H2. The van der Waals surface area contributed by atoms with Crippen LogP contribution in [0.15, 0.2) is 0 Å². The zero-order valence-electron chi connectivity index (χ0n) is 8.54. The molecule has 2 rings (SSSR count). The largest absolute Gasteiger partial charge is 0.285 e. The van der Waals surface area contributed by atoms with E-state index in [0.29, 0.717) is 0 Å². The van der Waals surface area contributed by atoms with Crippen LogP contribution < -0.4 is 0 Å². The molecule has 2 heterocycles. The molecule has 0 N–H and O–H groups in total. The lowest BCUT2D eigenvalue weighted by Crippen LogP contribution is -2.38. The zero-order chi connectivity index (χ0) is 8.93. The molecule has 0 saturated carbocycles. The Kier molecular flexibility index (Phi) is 3.62. The number of hydrogen-bond donors (Lipinski definition) is 0. The van der Waals surface area contributed by atoms with Crippen LogP contribution in [-0.2, 0) is 0 Å². The molecule has 0 aliphatic carbocycles. The van der Waals surface area contributed by atoms with Crippen LogP contribution >= 0.6 is 0 Å². The molecule has 0 aromatic carbocycles. The second-order valence-electron chi connectivity index (χ2n) is 4.31. The minimum Gasteiger partial charge on any atom is -0.285 e. The fraction of sp³-hybridized carbons (Fsp3) is 0.909. The second kappa shape index (κ2) is 4.97. The van der Waals surface area contributed by atoms with Crippen LogP contribution in [0.25, 0.3) is 0 Å². The molecule has 2 saturated heterocycles. The summed E-state index contributed by atoms with van der Waals surface area (Å²) in [7, 11) is 0. The third-order valence-electron chi connectivity index (χ3n) is 3.11. The van der Waals surface area contributed by atoms with Gasteiger partial charge in [-0.2, -0.15) is 0 Å². The van der Waals surface area contributed by atoms with Crippen molar-refractivity contribution in [3.8, 4) is 0 Å². The third-order valence-corrected chi connectivity index (χ3v) is 3.11. The zero-order valence-corrected chi connectivity index (χ0v) is 8.54. The Morgan fingerprint density at radius 2 is 0.923 bits per heavy atom. The predicted octanol–water partition coefficient (Wildman–Crippen LogP) is 2.08. The molecule has 0 aromatic heterocycles. The van der Waals surface area contributed by atoms with Gasteiger partial charge < -0.3 is 0 Å². The van der Waals surface area contributed by atoms with E-state index in [1.54, 1.807) is 0 Å². The molecule has 0 atom stereocenters. The van der Waals surface area contributed by atoms with Gasteiger partial charge in [0.25, 0.3) is 0 Å². The summed E-state index contributed by atoms with van der Waals surface area (Å²) in [6.45, 7) is 7.54. The quantitative estimate of drug-likeness (QED) is 0.643. The highest BCUT2D eigenvalue weighted by Gasteiger charge is 2.16. The summed E-state index contributed by atoms with van der Waals surface area (Å²) in [5, 5.41) is 0. The molecule has 1 radical (unpaired) electrons. The highest BCUT2D eigenvalue weighted by molar-refractivity contribution is 4.76. The van der Waals surface area contributed by atoms with Crippen molar-refractivity contribution in [2.75, 3.05) is 26.2 Å². The molecule has 2 heteroatoms. The van der Waals surface area contributed by atoms with Crippen molar-refractivity contribution in [3.05, 3.63) is 6.67 Å². The number of nitrogens with zero attached hydrogens (tertiary/aromatic N) is 2. The van der Waals surface area contributed by atoms with Gasteiger partial charge in [-0.1, -0.05) is 12.8 Å². The summed E-state index contributed by atoms with van der Waals surface area (Å²) in [6.07, 6.45) is 8.44. The molecular weight excluding hydrogens is 160 g/mol. The first kappa shape index (κ1) is 9.47. The van der Waals surface area contributed by atoms with Crippen LogP contribution in [-0.4, -0.2) is 36.0 Å². The van der Waals surface area contributed by atoms with Gasteiger partial charge in [0.2, 0.25) is 0 Å². The first-order valence-electron chi connectivity index (χ1n) is 5.78. The fourth-order valence-corrected chi connectivity index (χ4v) is 2.30. The van der Waals surface area contributed by atoms with Gasteiger partial charge >= 0.3 is 0 Å². The van der Waals surface area contributed by atoms with E-state index in [-0.39, 0.29) is 0 Å². The maximum atomic E-state index is 2.51. The van der Waals surface area contributed by atoms with E-state index in [4.69, 9.17) is 0 Å². The molecule has 0 bridgehead atoms. The Labute approximate surface area is 81.9 Å². The van der Waals surface area contributed by atoms with Crippen LogP contribution in [0.1, 0.15) is 38.5 Å². The molecule has 75 valence electrons. The normalized spacial score (nSPS) is 27.7. The molecule has 2 aliphatic rings. The molecule has 0 spiro atoms. The van der Waals surface area contributed by atoms with Crippen LogP contribution in [0, 0.1) is 6.67 Å². The monoisotopic (exact) mass is 181 g/mol. The summed E-state index contributed by atoms with van der Waals surface area (Å²) in [5.41, 5.74) is 0. The maximum absolute atomic E-state index is 2.51. The first-order chi connectivity index (χ1) is 6.45. The first-order valence-corrected chi connectivity index (χ1v) is 5.78. The van der Waals surface area contributed by atoms with Gasteiger partial charge in [0.05, 0.1) is 6.67 Å². The van der Waals surface area contributed by atoms with Crippen molar-refractivity contribution < 1.29 is 0 Å². The number of rotatable bonds is 2. The smallest absolute Gasteiger partial charge is 0.0921 e. The lowest BCUT2D eigenvalue weighted by atomic mass is 10.1. The SMILES string of the molecule is [CH](N1CCCCC1)N1CCCCC1. The molecule has 2 nitrogen and oxygen atoms in total. The van der Waals surface area contributed by atoms with Gasteiger partial charge in [0, 0.05) is 0 Å². The molecular formula is C11H21N2. The van der Waals surface area contributed by atoms with Crippen LogP contribution in [0.2, 0.25) is 0 Å². The molecule has 0 aromatic rings. The van der Waals surface area contributed by atoms with Crippen LogP contribution in [0.4, 0.5) is 0 Å². The number of likely N-dealkylation sites (tertiary alicyclic amines) is 2. The lowest BCUT2D eigenvalue weighted by Gasteiger charge is -2.33. The summed E-state index contributed by atoms with van der Waals surface area (Å²) in [4.78, 5) is 5.02. The molecule has 0 unspecified atom stereocenters. The van der Waals surface area contributed by atoms with Gasteiger partial charge in [-0.3, -0.25) is 9.80 Å². The molecule has 2 aliphatic heterocycles. The Balaban J connectivity index is 1.69. The Bertz CT molecular complexity index is 119. The highest BCUT2D eigenvalue weighted by Crippen LogP contribution is 2.15. The second-order valence-corrected chi connectivity index (χ2v) is 4.31. The van der Waals surface area contributed by atoms with Gasteiger partial charge in [-0.25, -0.2) is 0 Å². The average Bonchev–Trinajstić information content (AvgIpc) is 2.21. The van der Waals surface area contributed by atoms with E-state index < -0.39 is 0 Å².